The zero-order valence-electron chi connectivity index (χ0n) is 13.9. The highest BCUT2D eigenvalue weighted by Gasteiger charge is 2.33. The van der Waals surface area contributed by atoms with Gasteiger partial charge in [0.2, 0.25) is 5.91 Å². The fraction of sp³-hybridized carbons (Fsp3) is 0.222. The van der Waals surface area contributed by atoms with Crippen molar-refractivity contribution in [2.45, 2.75) is 19.3 Å². The van der Waals surface area contributed by atoms with Gasteiger partial charge in [-0.3, -0.25) is 4.79 Å². The second-order valence-electron chi connectivity index (χ2n) is 5.89. The van der Waals surface area contributed by atoms with Crippen LogP contribution in [-0.2, 0) is 4.79 Å². The van der Waals surface area contributed by atoms with Gasteiger partial charge < -0.3 is 10.1 Å². The van der Waals surface area contributed by atoms with E-state index in [1.807, 2.05) is 31.2 Å². The van der Waals surface area contributed by atoms with Crippen molar-refractivity contribution in [1.29, 1.82) is 0 Å². The quantitative estimate of drug-likeness (QED) is 0.795. The van der Waals surface area contributed by atoms with Crippen LogP contribution in [0.2, 0.25) is 0 Å². The normalized spacial score (nSPS) is 16.2. The Morgan fingerprint density at radius 1 is 1.24 bits per heavy atom. The summed E-state index contributed by atoms with van der Waals surface area (Å²) in [7, 11) is 1.63. The molecule has 7 nitrogen and oxygen atoms in total. The molecule has 126 valence electrons. The molecule has 0 spiro atoms. The van der Waals surface area contributed by atoms with E-state index in [4.69, 9.17) is 4.74 Å². The minimum Gasteiger partial charge on any atom is -0.497 e. The lowest BCUT2D eigenvalue weighted by molar-refractivity contribution is -0.116. The number of anilines is 1. The Morgan fingerprint density at radius 2 is 2.04 bits per heavy atom. The number of aromatic nitrogens is 4. The minimum atomic E-state index is -0.0867. The third-order valence-corrected chi connectivity index (χ3v) is 4.34. The van der Waals surface area contributed by atoms with Crippen molar-refractivity contribution in [3.8, 4) is 11.7 Å². The Balaban J connectivity index is 1.87. The molecule has 1 aliphatic rings. The third kappa shape index (κ3) is 2.63. The van der Waals surface area contributed by atoms with E-state index in [2.05, 4.69) is 20.4 Å². The average Bonchev–Trinajstić information content (AvgIpc) is 2.98. The molecular weight excluding hydrogens is 318 g/mol. The highest BCUT2D eigenvalue weighted by Crippen LogP contribution is 2.40. The van der Waals surface area contributed by atoms with Gasteiger partial charge in [-0.05, 0) is 30.7 Å². The summed E-state index contributed by atoms with van der Waals surface area (Å²) in [4.78, 5) is 20.8. The fourth-order valence-electron chi connectivity index (χ4n) is 3.24. The molecule has 3 aromatic rings. The SMILES string of the molecule is COc1cccc([C@@H]2CC(=O)Nc3c2c(C)nn3-c2ncccn2)c1. The Morgan fingerprint density at radius 3 is 2.80 bits per heavy atom. The van der Waals surface area contributed by atoms with Gasteiger partial charge in [0, 0.05) is 30.3 Å². The van der Waals surface area contributed by atoms with Crippen LogP contribution in [0, 0.1) is 6.92 Å². The van der Waals surface area contributed by atoms with Crippen LogP contribution in [0.15, 0.2) is 42.7 Å². The van der Waals surface area contributed by atoms with E-state index in [-0.39, 0.29) is 11.8 Å². The average molecular weight is 335 g/mol. The zero-order valence-corrected chi connectivity index (χ0v) is 13.9. The molecule has 0 bridgehead atoms. The summed E-state index contributed by atoms with van der Waals surface area (Å²) in [5.41, 5.74) is 2.85. The molecule has 3 heterocycles. The maximum Gasteiger partial charge on any atom is 0.252 e. The summed E-state index contributed by atoms with van der Waals surface area (Å²) in [6.07, 6.45) is 3.66. The van der Waals surface area contributed by atoms with Gasteiger partial charge in [-0.15, -0.1) is 0 Å². The first-order valence-corrected chi connectivity index (χ1v) is 7.98. The van der Waals surface area contributed by atoms with E-state index in [0.29, 0.717) is 18.2 Å². The highest BCUT2D eigenvalue weighted by molar-refractivity contribution is 5.95. The van der Waals surface area contributed by atoms with Gasteiger partial charge in [0.05, 0.1) is 12.8 Å². The molecule has 1 aliphatic heterocycles. The van der Waals surface area contributed by atoms with Gasteiger partial charge >= 0.3 is 0 Å². The van der Waals surface area contributed by atoms with Crippen LogP contribution in [0.25, 0.3) is 5.95 Å². The molecule has 0 aliphatic carbocycles. The number of carbonyl (C=O) groups excluding carboxylic acids is 1. The van der Waals surface area contributed by atoms with Gasteiger partial charge in [0.1, 0.15) is 11.6 Å². The molecule has 4 rings (SSSR count). The molecule has 0 fully saturated rings. The Bertz CT molecular complexity index is 936. The number of benzene rings is 1. The number of rotatable bonds is 3. The summed E-state index contributed by atoms with van der Waals surface area (Å²) in [6.45, 7) is 1.93. The van der Waals surface area contributed by atoms with Crippen molar-refractivity contribution >= 4 is 11.7 Å². The van der Waals surface area contributed by atoms with Crippen molar-refractivity contribution in [2.24, 2.45) is 0 Å². The van der Waals surface area contributed by atoms with Crippen molar-refractivity contribution < 1.29 is 9.53 Å². The minimum absolute atomic E-state index is 0.0580. The van der Waals surface area contributed by atoms with Gasteiger partial charge in [-0.25, -0.2) is 9.97 Å². The van der Waals surface area contributed by atoms with Crippen LogP contribution in [-0.4, -0.2) is 32.8 Å². The third-order valence-electron chi connectivity index (χ3n) is 4.34. The molecule has 1 amide bonds. The van der Waals surface area contributed by atoms with Crippen molar-refractivity contribution in [2.75, 3.05) is 12.4 Å². The fourth-order valence-corrected chi connectivity index (χ4v) is 3.24. The summed E-state index contributed by atoms with van der Waals surface area (Å²) in [5, 5.41) is 7.49. The number of amides is 1. The van der Waals surface area contributed by atoms with Gasteiger partial charge in [0.25, 0.3) is 5.95 Å². The summed E-state index contributed by atoms with van der Waals surface area (Å²) < 4.78 is 6.92. The molecule has 2 aromatic heterocycles. The maximum absolute atomic E-state index is 12.3. The number of ether oxygens (including phenoxy) is 1. The predicted molar refractivity (Wildman–Crippen MR) is 92.0 cm³/mol. The monoisotopic (exact) mass is 335 g/mol. The number of fused-ring (bicyclic) bond motifs is 1. The van der Waals surface area contributed by atoms with E-state index < -0.39 is 0 Å². The van der Waals surface area contributed by atoms with E-state index in [9.17, 15) is 4.79 Å². The van der Waals surface area contributed by atoms with Crippen LogP contribution in [0.1, 0.15) is 29.2 Å². The number of hydrogen-bond donors (Lipinski definition) is 1. The Kier molecular flexibility index (Phi) is 3.68. The number of methoxy groups -OCH3 is 1. The lowest BCUT2D eigenvalue weighted by Crippen LogP contribution is -2.25. The molecule has 1 aromatic carbocycles. The largest absolute Gasteiger partial charge is 0.497 e. The van der Waals surface area contributed by atoms with Gasteiger partial charge in [-0.2, -0.15) is 9.78 Å². The first-order valence-electron chi connectivity index (χ1n) is 7.98. The molecule has 1 N–H and O–H groups in total. The van der Waals surface area contributed by atoms with Crippen LogP contribution >= 0.6 is 0 Å². The Labute approximate surface area is 144 Å². The smallest absolute Gasteiger partial charge is 0.252 e. The molecule has 0 radical (unpaired) electrons. The molecular formula is C18H17N5O2. The molecule has 0 saturated heterocycles. The lowest BCUT2D eigenvalue weighted by Gasteiger charge is -2.24. The summed E-state index contributed by atoms with van der Waals surface area (Å²) in [5.74, 6) is 1.68. The van der Waals surface area contributed by atoms with E-state index in [0.717, 1.165) is 22.6 Å². The zero-order chi connectivity index (χ0) is 17.4. The first-order chi connectivity index (χ1) is 12.2. The number of carbonyl (C=O) groups is 1. The highest BCUT2D eigenvalue weighted by atomic mass is 16.5. The first kappa shape index (κ1) is 15.3. The van der Waals surface area contributed by atoms with E-state index in [1.165, 1.54) is 0 Å². The number of hydrogen-bond acceptors (Lipinski definition) is 5. The van der Waals surface area contributed by atoms with E-state index >= 15 is 0 Å². The second-order valence-corrected chi connectivity index (χ2v) is 5.89. The van der Waals surface area contributed by atoms with Crippen LogP contribution in [0.5, 0.6) is 5.75 Å². The topological polar surface area (TPSA) is 81.9 Å². The van der Waals surface area contributed by atoms with Crippen molar-refractivity contribution in [3.05, 3.63) is 59.5 Å². The molecule has 0 unspecified atom stereocenters. The predicted octanol–water partition coefficient (Wildman–Crippen LogP) is 2.45. The molecule has 1 atom stereocenters. The Hall–Kier alpha value is -3.22. The van der Waals surface area contributed by atoms with Crippen molar-refractivity contribution in [1.82, 2.24) is 19.7 Å². The summed E-state index contributed by atoms with van der Waals surface area (Å²) in [6, 6.07) is 9.53. The number of nitrogens with zero attached hydrogens (tertiary/aromatic N) is 4. The number of aryl methyl sites for hydroxylation is 1. The molecule has 0 saturated carbocycles. The number of nitrogens with one attached hydrogen (secondary N) is 1. The maximum atomic E-state index is 12.3. The second kappa shape index (κ2) is 6.01. The standard InChI is InChI=1S/C18H17N5O2/c1-11-16-14(12-5-3-6-13(9-12)25-2)10-15(24)21-17(16)23(22-11)18-19-7-4-8-20-18/h3-9,14H,10H2,1-2H3,(H,21,24)/t14-/m0/s1. The van der Waals surface area contributed by atoms with Crippen molar-refractivity contribution in [3.63, 3.8) is 0 Å². The van der Waals surface area contributed by atoms with E-state index in [1.54, 1.807) is 30.3 Å². The van der Waals surface area contributed by atoms with Crippen LogP contribution < -0.4 is 10.1 Å². The molecule has 7 heteroatoms. The van der Waals surface area contributed by atoms with Crippen LogP contribution in [0.3, 0.4) is 0 Å². The molecule has 25 heavy (non-hydrogen) atoms. The van der Waals surface area contributed by atoms with Gasteiger partial charge in [-0.1, -0.05) is 12.1 Å². The van der Waals surface area contributed by atoms with Gasteiger partial charge in [0.15, 0.2) is 0 Å². The summed E-state index contributed by atoms with van der Waals surface area (Å²) >= 11 is 0. The van der Waals surface area contributed by atoms with Crippen LogP contribution in [0.4, 0.5) is 5.82 Å². The lowest BCUT2D eigenvalue weighted by atomic mass is 9.86.